The van der Waals surface area contributed by atoms with Crippen molar-refractivity contribution in [2.45, 2.75) is 11.7 Å². The fourth-order valence-electron chi connectivity index (χ4n) is 3.90. The number of hydrogen-bond acceptors (Lipinski definition) is 6. The minimum Gasteiger partial charge on any atom is -0.407 e. The van der Waals surface area contributed by atoms with Crippen LogP contribution in [0.4, 0.5) is 11.4 Å². The van der Waals surface area contributed by atoms with Crippen molar-refractivity contribution < 1.29 is 18.9 Å². The number of ether oxygens (including phenoxy) is 1. The molecule has 27 heavy (non-hydrogen) atoms. The van der Waals surface area contributed by atoms with Crippen molar-refractivity contribution in [2.24, 2.45) is 7.05 Å². The van der Waals surface area contributed by atoms with Gasteiger partial charge in [-0.3, -0.25) is 19.5 Å². The molecule has 136 valence electrons. The van der Waals surface area contributed by atoms with Gasteiger partial charge in [-0.05, 0) is 12.1 Å². The predicted octanol–water partition coefficient (Wildman–Crippen LogP) is 1.98. The highest BCUT2D eigenvalue weighted by molar-refractivity contribution is 6.09. The Morgan fingerprint density at radius 3 is 2.67 bits per heavy atom. The van der Waals surface area contributed by atoms with Gasteiger partial charge in [0.15, 0.2) is 5.58 Å². The number of rotatable bonds is 2. The molecule has 0 radical (unpaired) electrons. The van der Waals surface area contributed by atoms with Crippen LogP contribution in [0, 0.1) is 10.1 Å². The van der Waals surface area contributed by atoms with E-state index in [1.54, 1.807) is 25.2 Å². The number of aryl methyl sites for hydroxylation is 1. The van der Waals surface area contributed by atoms with Gasteiger partial charge in [0.2, 0.25) is 5.60 Å². The Kier molecular flexibility index (Phi) is 2.82. The molecule has 1 aromatic heterocycles. The molecule has 2 aromatic carbocycles. The number of likely N-dealkylation sites (N-methyl/N-ethyl adjacent to an activating group) is 1. The van der Waals surface area contributed by atoms with Crippen LogP contribution < -0.4 is 10.7 Å². The van der Waals surface area contributed by atoms with Gasteiger partial charge in [0, 0.05) is 19.7 Å². The number of epoxide rings is 1. The van der Waals surface area contributed by atoms with Crippen LogP contribution in [0.3, 0.4) is 0 Å². The molecule has 2 aliphatic heterocycles. The Hall–Kier alpha value is -3.46. The Morgan fingerprint density at radius 1 is 1.19 bits per heavy atom. The minimum atomic E-state index is -1.27. The Bertz CT molecular complexity index is 1230. The van der Waals surface area contributed by atoms with Crippen LogP contribution >= 0.6 is 0 Å². The highest BCUT2D eigenvalue weighted by Gasteiger charge is 2.70. The Morgan fingerprint density at radius 2 is 1.93 bits per heavy atom. The molecule has 2 unspecified atom stereocenters. The zero-order chi connectivity index (χ0) is 19.1. The minimum absolute atomic E-state index is 0.114. The summed E-state index contributed by atoms with van der Waals surface area (Å²) in [5, 5.41) is 11.6. The largest absolute Gasteiger partial charge is 0.419 e. The maximum absolute atomic E-state index is 12.9. The average molecular weight is 367 g/mol. The topological polar surface area (TPSA) is 111 Å². The van der Waals surface area contributed by atoms with E-state index in [2.05, 4.69) is 0 Å². The fourth-order valence-corrected chi connectivity index (χ4v) is 3.90. The number of benzene rings is 2. The van der Waals surface area contributed by atoms with E-state index in [4.69, 9.17) is 9.15 Å². The number of nitro groups is 1. The quantitative estimate of drug-likeness (QED) is 0.389. The normalized spacial score (nSPS) is 23.3. The van der Waals surface area contributed by atoms with Crippen molar-refractivity contribution in [2.75, 3.05) is 11.9 Å². The lowest BCUT2D eigenvalue weighted by atomic mass is 9.92. The molecule has 1 spiro atoms. The summed E-state index contributed by atoms with van der Waals surface area (Å²) >= 11 is 0. The molecule has 1 saturated heterocycles. The zero-order valence-corrected chi connectivity index (χ0v) is 14.3. The average Bonchev–Trinajstić information content (AvgIpc) is 3.30. The van der Waals surface area contributed by atoms with Crippen molar-refractivity contribution in [3.8, 4) is 0 Å². The molecule has 9 heteroatoms. The molecule has 0 saturated carbocycles. The number of amides is 1. The standard InChI is InChI=1S/C18H13N3O6/c1-19-11-6-4-3-5-10(11)18(16(19)22)15(27-18)9-7-13-14(8-12(9)21(24)25)26-17(23)20(13)2/h3-8,15H,1-2H3. The number of hydrogen-bond donors (Lipinski definition) is 0. The molecule has 9 nitrogen and oxygen atoms in total. The summed E-state index contributed by atoms with van der Waals surface area (Å²) < 4.78 is 12.1. The van der Waals surface area contributed by atoms with Gasteiger partial charge in [0.25, 0.3) is 11.6 Å². The molecular formula is C18H13N3O6. The molecule has 2 atom stereocenters. The van der Waals surface area contributed by atoms with Gasteiger partial charge in [-0.25, -0.2) is 4.79 Å². The molecule has 5 rings (SSSR count). The first-order valence-corrected chi connectivity index (χ1v) is 8.19. The number of anilines is 1. The van der Waals surface area contributed by atoms with Gasteiger partial charge in [-0.2, -0.15) is 0 Å². The lowest BCUT2D eigenvalue weighted by Crippen LogP contribution is -2.29. The van der Waals surface area contributed by atoms with Gasteiger partial charge in [0.1, 0.15) is 6.10 Å². The molecule has 3 aromatic rings. The van der Waals surface area contributed by atoms with Crippen molar-refractivity contribution in [3.05, 3.63) is 68.2 Å². The van der Waals surface area contributed by atoms with E-state index < -0.39 is 22.4 Å². The van der Waals surface area contributed by atoms with Crippen LogP contribution in [0.1, 0.15) is 17.2 Å². The van der Waals surface area contributed by atoms with E-state index in [0.29, 0.717) is 16.8 Å². The summed E-state index contributed by atoms with van der Waals surface area (Å²) in [6.07, 6.45) is -0.814. The maximum atomic E-state index is 12.9. The molecular weight excluding hydrogens is 354 g/mol. The molecule has 0 aliphatic carbocycles. The zero-order valence-electron chi connectivity index (χ0n) is 14.3. The number of aromatic nitrogens is 1. The molecule has 3 heterocycles. The van der Waals surface area contributed by atoms with Crippen LogP contribution in [0.15, 0.2) is 45.6 Å². The summed E-state index contributed by atoms with van der Waals surface area (Å²) in [5.41, 5.74) is 0.622. The van der Waals surface area contributed by atoms with Gasteiger partial charge in [-0.1, -0.05) is 18.2 Å². The monoisotopic (exact) mass is 367 g/mol. The lowest BCUT2D eigenvalue weighted by molar-refractivity contribution is -0.385. The maximum Gasteiger partial charge on any atom is 0.419 e. The summed E-state index contributed by atoms with van der Waals surface area (Å²) in [4.78, 5) is 37.2. The molecule has 2 aliphatic rings. The summed E-state index contributed by atoms with van der Waals surface area (Å²) in [7, 11) is 3.16. The Balaban J connectivity index is 1.73. The second-order valence-electron chi connectivity index (χ2n) is 6.68. The van der Waals surface area contributed by atoms with Crippen molar-refractivity contribution >= 4 is 28.4 Å². The highest BCUT2D eigenvalue weighted by atomic mass is 16.6. The molecule has 0 N–H and O–H groups in total. The van der Waals surface area contributed by atoms with Crippen LogP contribution in [0.2, 0.25) is 0 Å². The van der Waals surface area contributed by atoms with E-state index in [-0.39, 0.29) is 22.7 Å². The van der Waals surface area contributed by atoms with Crippen LogP contribution in [0.5, 0.6) is 0 Å². The number of oxazole rings is 1. The third-order valence-corrected chi connectivity index (χ3v) is 5.32. The summed E-state index contributed by atoms with van der Waals surface area (Å²) in [6.45, 7) is 0. The second-order valence-corrected chi connectivity index (χ2v) is 6.68. The van der Waals surface area contributed by atoms with E-state index in [9.17, 15) is 19.7 Å². The Labute approximate surface area is 151 Å². The van der Waals surface area contributed by atoms with E-state index in [1.165, 1.54) is 28.6 Å². The third kappa shape index (κ3) is 1.81. The van der Waals surface area contributed by atoms with E-state index >= 15 is 0 Å². The SMILES string of the molecule is CN1C(=O)C2(OC2c2cc3c(cc2[N+](=O)[O-])oc(=O)n3C)c2ccccc21. The van der Waals surface area contributed by atoms with Gasteiger partial charge in [-0.15, -0.1) is 0 Å². The second kappa shape index (κ2) is 4.83. The smallest absolute Gasteiger partial charge is 0.407 e. The number of nitrogens with zero attached hydrogens (tertiary/aromatic N) is 3. The van der Waals surface area contributed by atoms with Crippen LogP contribution in [0.25, 0.3) is 11.1 Å². The fraction of sp³-hybridized carbons (Fsp3) is 0.222. The number of fused-ring (bicyclic) bond motifs is 3. The van der Waals surface area contributed by atoms with Crippen LogP contribution in [-0.4, -0.2) is 22.4 Å². The van der Waals surface area contributed by atoms with Crippen LogP contribution in [-0.2, 0) is 22.2 Å². The van der Waals surface area contributed by atoms with Gasteiger partial charge < -0.3 is 14.1 Å². The van der Waals surface area contributed by atoms with Crippen molar-refractivity contribution in [3.63, 3.8) is 0 Å². The first-order valence-electron chi connectivity index (χ1n) is 8.19. The first kappa shape index (κ1) is 15.8. The van der Waals surface area contributed by atoms with Gasteiger partial charge >= 0.3 is 5.76 Å². The highest BCUT2D eigenvalue weighted by Crippen LogP contribution is 2.64. The van der Waals surface area contributed by atoms with Gasteiger partial charge in [0.05, 0.1) is 27.8 Å². The number of para-hydroxylation sites is 1. The van der Waals surface area contributed by atoms with Crippen molar-refractivity contribution in [1.82, 2.24) is 4.57 Å². The molecule has 0 bridgehead atoms. The molecule has 1 amide bonds. The van der Waals surface area contributed by atoms with E-state index in [1.807, 2.05) is 6.07 Å². The molecule has 1 fully saturated rings. The first-order chi connectivity index (χ1) is 12.9. The van der Waals surface area contributed by atoms with Crippen molar-refractivity contribution in [1.29, 1.82) is 0 Å². The predicted molar refractivity (Wildman–Crippen MR) is 93.5 cm³/mol. The number of carbonyl (C=O) groups excluding carboxylic acids is 1. The van der Waals surface area contributed by atoms with E-state index in [0.717, 1.165) is 0 Å². The number of carbonyl (C=O) groups is 1. The lowest BCUT2D eigenvalue weighted by Gasteiger charge is -2.08. The summed E-state index contributed by atoms with van der Waals surface area (Å²) in [5.74, 6) is -0.894. The third-order valence-electron chi connectivity index (χ3n) is 5.32. The summed E-state index contributed by atoms with van der Waals surface area (Å²) in [6, 6.07) is 9.90. The number of nitro benzene ring substituents is 1.